The first-order chi connectivity index (χ1) is 70.0. The molecule has 0 bridgehead atoms. The minimum atomic E-state index is -1.06. The third-order valence-corrected chi connectivity index (χ3v) is 22.3. The molecule has 5 aliphatic heterocycles. The van der Waals surface area contributed by atoms with Crippen molar-refractivity contribution in [1.82, 2.24) is 25.8 Å². The maximum atomic E-state index is 12.6. The Balaban J connectivity index is 0.000000274. The molecule has 10 aromatic carbocycles. The summed E-state index contributed by atoms with van der Waals surface area (Å²) in [5, 5.41) is 28.1. The Morgan fingerprint density at radius 2 is 0.716 bits per heavy atom. The fraction of sp³-hybridized carbons (Fsp3) is 0.398. The number of hydrogen-bond donors (Lipinski definition) is 5. The van der Waals surface area contributed by atoms with E-state index in [9.17, 15) is 43.8 Å². The van der Waals surface area contributed by atoms with E-state index in [1.807, 2.05) is 290 Å². The number of aliphatic hydroxyl groups excluding tert-OH is 2. The number of nitrogens with zero attached hydrogens (tertiary/aromatic N) is 2. The van der Waals surface area contributed by atoms with E-state index in [1.54, 1.807) is 89.6 Å². The number of morpholine rings is 5. The SMILES string of the molecule is CC(C)(C)OC(=O)N1CCOC([C@@H](Oc2ccccc2CO)c2ccccc2)C1.CC(C)(C)OC(=O)OC(=O)OC(C)(C)C.CCOC(=O)c1ccccc1O[C@@H](c1ccccc1)C1CNC(=O)CO1.COCc1ccccc1O[C@@H](c1ccccc1)C1CN(C(=O)OC(C)(C)C)CCO1.Cl.O=C1COC([C@@H](Oc2ccccc2Br)c2ccccc2)CN1.OCc1ccccc1O[C@@H](c1ccccc1)C1CNCCO1.[C-]#[O+].[H-].[Na+]. The van der Waals surface area contributed by atoms with Gasteiger partial charge in [0.15, 0.2) is 30.5 Å². The van der Waals surface area contributed by atoms with Gasteiger partial charge in [-0.25, -0.2) is 24.0 Å². The monoisotopic (exact) mass is 2130 g/mol. The van der Waals surface area contributed by atoms with Gasteiger partial charge in [-0.2, -0.15) is 0 Å². The van der Waals surface area contributed by atoms with Crippen LogP contribution in [0.3, 0.4) is 0 Å². The van der Waals surface area contributed by atoms with Crippen LogP contribution in [0.15, 0.2) is 277 Å². The van der Waals surface area contributed by atoms with E-state index in [4.69, 9.17) is 80.4 Å². The molecule has 0 aliphatic carbocycles. The summed E-state index contributed by atoms with van der Waals surface area (Å²) in [6, 6.07) is 86.7. The van der Waals surface area contributed by atoms with Crippen LogP contribution < -0.4 is 69.2 Å². The van der Waals surface area contributed by atoms with Gasteiger partial charge in [-0.3, -0.25) is 9.59 Å². The fourth-order valence-electron chi connectivity index (χ4n) is 15.1. The first-order valence-corrected chi connectivity index (χ1v) is 49.0. The molecule has 5 heterocycles. The molecule has 792 valence electrons. The van der Waals surface area contributed by atoms with E-state index in [1.165, 1.54) is 0 Å². The summed E-state index contributed by atoms with van der Waals surface area (Å²) in [4.78, 5) is 85.4. The Morgan fingerprint density at radius 3 is 1.05 bits per heavy atom. The molecule has 5 N–H and O–H groups in total. The van der Waals surface area contributed by atoms with E-state index < -0.39 is 52.9 Å². The number of aliphatic hydroxyl groups is 2. The number of ether oxygens (including phenoxy) is 17. The van der Waals surface area contributed by atoms with Crippen LogP contribution in [0.1, 0.15) is 177 Å². The Bertz CT molecular complexity index is 5630. The van der Waals surface area contributed by atoms with Crippen molar-refractivity contribution in [3.63, 3.8) is 0 Å². The number of hydrogen-bond acceptors (Lipinski definition) is 27. The summed E-state index contributed by atoms with van der Waals surface area (Å²) in [5.41, 5.74) is 5.22. The van der Waals surface area contributed by atoms with Gasteiger partial charge < -0.3 is 118 Å². The molecular weight excluding hydrogens is 2000 g/mol. The molecular formula is C113H138BrClN5NaO27. The molecule has 35 heteroatoms. The van der Waals surface area contributed by atoms with E-state index in [-0.39, 0.29) is 149 Å². The van der Waals surface area contributed by atoms with Crippen LogP contribution in [0.2, 0.25) is 0 Å². The summed E-state index contributed by atoms with van der Waals surface area (Å²) >= 11 is 3.50. The van der Waals surface area contributed by atoms with Crippen molar-refractivity contribution in [2.75, 3.05) is 99.1 Å². The number of benzene rings is 10. The molecule has 0 spiro atoms. The smallest absolute Gasteiger partial charge is 1.00 e. The van der Waals surface area contributed by atoms with Crippen LogP contribution in [-0.4, -0.2) is 214 Å². The first-order valence-electron chi connectivity index (χ1n) is 48.2. The molecule has 0 aromatic heterocycles. The Labute approximate surface area is 905 Å². The normalized spacial score (nSPS) is 17.4. The number of halogens is 2. The van der Waals surface area contributed by atoms with Gasteiger partial charge in [0.1, 0.15) is 100 Å². The van der Waals surface area contributed by atoms with Gasteiger partial charge >= 0.3 is 71.3 Å². The molecule has 5 saturated heterocycles. The predicted molar refractivity (Wildman–Crippen MR) is 557 cm³/mol. The second-order valence-corrected chi connectivity index (χ2v) is 38.4. The maximum absolute atomic E-state index is 12.6. The van der Waals surface area contributed by atoms with Crippen LogP contribution in [0.4, 0.5) is 19.2 Å². The average Bonchev–Trinajstić information content (AvgIpc) is 0.831. The van der Waals surface area contributed by atoms with Gasteiger partial charge in [0.25, 0.3) is 0 Å². The van der Waals surface area contributed by atoms with Crippen LogP contribution in [0, 0.1) is 6.65 Å². The van der Waals surface area contributed by atoms with Gasteiger partial charge in [0.2, 0.25) is 11.8 Å². The zero-order chi connectivity index (χ0) is 106. The van der Waals surface area contributed by atoms with Crippen molar-refractivity contribution >= 4 is 70.6 Å². The minimum Gasteiger partial charge on any atom is -1.00 e. The number of amides is 4. The van der Waals surface area contributed by atoms with Gasteiger partial charge in [0, 0.05) is 63.1 Å². The zero-order valence-electron chi connectivity index (χ0n) is 87.6. The number of methoxy groups -OCH3 is 1. The van der Waals surface area contributed by atoms with Crippen LogP contribution in [-0.2, 0) is 90.9 Å². The Morgan fingerprint density at radius 1 is 0.412 bits per heavy atom. The summed E-state index contributed by atoms with van der Waals surface area (Å²) < 4.78 is 104. The molecule has 148 heavy (non-hydrogen) atoms. The summed E-state index contributed by atoms with van der Waals surface area (Å²) in [7, 11) is 1.66. The number of rotatable bonds is 26. The summed E-state index contributed by atoms with van der Waals surface area (Å²) in [5.74, 6) is 2.52. The third kappa shape index (κ3) is 42.2. The third-order valence-electron chi connectivity index (χ3n) is 21.6. The average molecular weight is 2140 g/mol. The molecule has 5 aliphatic rings. The quantitative estimate of drug-likeness (QED) is 0.00839. The number of nitrogens with one attached hydrogen (secondary N) is 3. The second kappa shape index (κ2) is 63.1. The summed E-state index contributed by atoms with van der Waals surface area (Å²) in [6.07, 6.45) is -5.95. The van der Waals surface area contributed by atoms with Crippen molar-refractivity contribution in [2.45, 2.75) is 193 Å². The summed E-state index contributed by atoms with van der Waals surface area (Å²) in [6.45, 7) is 33.7. The number of esters is 1. The van der Waals surface area contributed by atoms with Crippen molar-refractivity contribution in [1.29, 1.82) is 0 Å². The number of carbonyl (C=O) groups excluding carboxylic acids is 7. The van der Waals surface area contributed by atoms with Gasteiger partial charge in [-0.15, -0.1) is 12.4 Å². The Kier molecular flexibility index (Phi) is 52.5. The van der Waals surface area contributed by atoms with Crippen LogP contribution >= 0.6 is 28.3 Å². The van der Waals surface area contributed by atoms with Gasteiger partial charge in [-0.05, 0) is 176 Å². The van der Waals surface area contributed by atoms with Gasteiger partial charge in [0.05, 0.1) is 63.8 Å². The second-order valence-electron chi connectivity index (χ2n) is 37.6. The van der Waals surface area contributed by atoms with Crippen LogP contribution in [0.5, 0.6) is 28.7 Å². The van der Waals surface area contributed by atoms with Crippen molar-refractivity contribution in [2.24, 2.45) is 0 Å². The molecule has 0 radical (unpaired) electrons. The molecule has 5 unspecified atom stereocenters. The molecule has 5 fully saturated rings. The topological polar surface area (TPSA) is 379 Å². The fourth-order valence-corrected chi connectivity index (χ4v) is 15.4. The van der Waals surface area contributed by atoms with E-state index >= 15 is 0 Å². The predicted octanol–water partition coefficient (Wildman–Crippen LogP) is 16.8. The first kappa shape index (κ1) is 123. The van der Waals surface area contributed by atoms with Gasteiger partial charge in [-0.1, -0.05) is 231 Å². The van der Waals surface area contributed by atoms with Crippen molar-refractivity contribution < 1.29 is 160 Å². The minimum absolute atomic E-state index is 0. The van der Waals surface area contributed by atoms with Crippen molar-refractivity contribution in [3.05, 3.63) is 334 Å². The van der Waals surface area contributed by atoms with E-state index in [2.05, 4.69) is 43.3 Å². The number of carbonyl (C=O) groups is 7. The standard InChI is InChI=1S/C24H31NO5.C23H29NO5.C20H21NO5.C18H21NO3.C17H16BrNO3.C10H18O5.CO.ClH.Na.H/c1-24(2,3)30-23(26)25-14-15-28-21(16-25)22(18-10-6-5-7-11-18)29-20-13-9-8-12-19(20)17-27-4;1-23(2,3)29-22(26)24-13-14-27-20(15-24)21(17-9-5-4-6-10-17)28-19-12-8-7-11-18(19)16-25;1-2-24-20(23)15-10-6-7-11-16(15)26-19(14-8-4-3-5-9-14)17-12-21-18(22)13-25-17;20-13-15-8-4-5-9-16(15)22-18(14-6-2-1-3-7-14)17-12-19-10-11-21-17;18-13-8-4-5-9-14(13)22-17(12-6-2-1-3-7-12)15-10-19-16(20)11-21-15;1-9(2,3)14-7(11)13-8(12)15-10(4,5)6;1-2;;;/h5-13,21-22H,14-17H2,1-4H3;4-12,20-21,25H,13-16H2,1-3H3;3-11,17,19H,2,12-13H2,1H3,(H,21,22);1-9,17-20H,10-13H2;1-9,15,17H,10-11H2,(H,19,20);1-6H3;;1H;;/q;;;;;;;;+1;-1/t21?,22-;20?,21-;17?,19-;17?,18-;15?,17-;;;;;/m00000...../s1. The molecule has 15 rings (SSSR count). The molecule has 10 aromatic rings. The molecule has 32 nitrogen and oxygen atoms in total. The van der Waals surface area contributed by atoms with E-state index in [0.717, 1.165) is 68.0 Å². The van der Waals surface area contributed by atoms with Crippen LogP contribution in [0.25, 0.3) is 0 Å². The van der Waals surface area contributed by atoms with Crippen molar-refractivity contribution in [3.8, 4) is 28.7 Å². The number of para-hydroxylation sites is 5. The maximum Gasteiger partial charge on any atom is 1.00 e. The molecule has 10 atom stereocenters. The molecule has 4 amide bonds. The van der Waals surface area contributed by atoms with E-state index in [0.29, 0.717) is 94.1 Å². The Hall–Kier alpha value is -12.0. The zero-order valence-corrected chi connectivity index (χ0v) is 91.0. The largest absolute Gasteiger partial charge is 1.00 e. The molecule has 0 saturated carbocycles.